The van der Waals surface area contributed by atoms with E-state index >= 15 is 0 Å². The Morgan fingerprint density at radius 1 is 1.45 bits per heavy atom. The summed E-state index contributed by atoms with van der Waals surface area (Å²) in [5, 5.41) is 3.74. The standard InChI is InChI=1S/C14H14BrClN4/c1-3-11(16)4-6-20-7-5-18-14(20)12-8-10(15)9-19-13(12)17-2/h3-9H,1-2H3,(H,17,19)/b6-4-,11-3+. The van der Waals surface area contributed by atoms with Crippen LogP contribution < -0.4 is 5.32 Å². The minimum Gasteiger partial charge on any atom is -0.373 e. The molecule has 0 aliphatic heterocycles. The molecule has 0 saturated heterocycles. The second-order valence-corrected chi connectivity index (χ2v) is 5.30. The lowest BCUT2D eigenvalue weighted by molar-refractivity contribution is 1.13. The van der Waals surface area contributed by atoms with Crippen LogP contribution in [0.15, 0.2) is 46.3 Å². The third-order valence-electron chi connectivity index (χ3n) is 2.67. The van der Waals surface area contributed by atoms with Crippen molar-refractivity contribution in [3.63, 3.8) is 0 Å². The molecule has 0 spiro atoms. The van der Waals surface area contributed by atoms with Gasteiger partial charge in [-0.15, -0.1) is 0 Å². The van der Waals surface area contributed by atoms with Gasteiger partial charge in [0.2, 0.25) is 0 Å². The van der Waals surface area contributed by atoms with E-state index in [9.17, 15) is 0 Å². The Kier molecular flexibility index (Phi) is 4.98. The number of pyridine rings is 1. The van der Waals surface area contributed by atoms with E-state index in [0.717, 1.165) is 21.7 Å². The SMILES string of the molecule is C/C=C(Cl)\C=C/n1ccnc1-c1cc(Br)cnc1NC. The molecule has 0 aliphatic carbocycles. The van der Waals surface area contributed by atoms with Crippen LogP contribution >= 0.6 is 27.5 Å². The number of anilines is 1. The van der Waals surface area contributed by atoms with E-state index < -0.39 is 0 Å². The van der Waals surface area contributed by atoms with Crippen LogP contribution in [-0.2, 0) is 0 Å². The number of aromatic nitrogens is 3. The molecule has 2 aromatic heterocycles. The molecule has 0 fully saturated rings. The van der Waals surface area contributed by atoms with Crippen LogP contribution in [0.25, 0.3) is 17.6 Å². The first-order valence-electron chi connectivity index (χ1n) is 6.02. The molecule has 2 aromatic rings. The van der Waals surface area contributed by atoms with Gasteiger partial charge in [-0.3, -0.25) is 0 Å². The van der Waals surface area contributed by atoms with Gasteiger partial charge in [0.05, 0.1) is 5.56 Å². The predicted molar refractivity (Wildman–Crippen MR) is 87.6 cm³/mol. The summed E-state index contributed by atoms with van der Waals surface area (Å²) in [4.78, 5) is 8.72. The van der Waals surface area contributed by atoms with Crippen LogP contribution in [0.2, 0.25) is 0 Å². The van der Waals surface area contributed by atoms with Gasteiger partial charge in [0.25, 0.3) is 0 Å². The fourth-order valence-corrected chi connectivity index (χ4v) is 2.09. The van der Waals surface area contributed by atoms with Crippen LogP contribution in [0, 0.1) is 0 Å². The molecule has 0 aromatic carbocycles. The Morgan fingerprint density at radius 3 is 2.95 bits per heavy atom. The van der Waals surface area contributed by atoms with Crippen molar-refractivity contribution in [1.82, 2.24) is 14.5 Å². The number of allylic oxidation sites excluding steroid dienone is 3. The number of nitrogens with zero attached hydrogens (tertiary/aromatic N) is 3. The molecular weight excluding hydrogens is 340 g/mol. The van der Waals surface area contributed by atoms with Gasteiger partial charge in [-0.2, -0.15) is 0 Å². The Labute approximate surface area is 131 Å². The Bertz CT molecular complexity index is 661. The topological polar surface area (TPSA) is 42.7 Å². The third kappa shape index (κ3) is 3.29. The Balaban J connectivity index is 2.47. The van der Waals surface area contributed by atoms with Crippen molar-refractivity contribution in [2.45, 2.75) is 6.92 Å². The van der Waals surface area contributed by atoms with Gasteiger partial charge < -0.3 is 9.88 Å². The number of rotatable bonds is 4. The summed E-state index contributed by atoms with van der Waals surface area (Å²) in [7, 11) is 1.83. The minimum atomic E-state index is 0.672. The van der Waals surface area contributed by atoms with Gasteiger partial charge in [0.1, 0.15) is 11.6 Å². The summed E-state index contributed by atoms with van der Waals surface area (Å²) in [5.41, 5.74) is 0.910. The first-order valence-corrected chi connectivity index (χ1v) is 7.19. The van der Waals surface area contributed by atoms with Crippen LogP contribution in [0.3, 0.4) is 0 Å². The molecule has 6 heteroatoms. The summed E-state index contributed by atoms with van der Waals surface area (Å²) >= 11 is 9.41. The van der Waals surface area contributed by atoms with E-state index in [2.05, 4.69) is 31.2 Å². The maximum atomic E-state index is 5.97. The van der Waals surface area contributed by atoms with Gasteiger partial charge >= 0.3 is 0 Å². The molecule has 104 valence electrons. The van der Waals surface area contributed by atoms with Gasteiger partial charge in [-0.25, -0.2) is 9.97 Å². The van der Waals surface area contributed by atoms with E-state index in [-0.39, 0.29) is 0 Å². The molecule has 0 atom stereocenters. The predicted octanol–water partition coefficient (Wildman–Crippen LogP) is 4.36. The van der Waals surface area contributed by atoms with E-state index in [1.54, 1.807) is 12.4 Å². The average Bonchev–Trinajstić information content (AvgIpc) is 2.92. The number of halogens is 2. The highest BCUT2D eigenvalue weighted by Gasteiger charge is 2.11. The number of nitrogens with one attached hydrogen (secondary N) is 1. The lowest BCUT2D eigenvalue weighted by Crippen LogP contribution is -1.99. The highest BCUT2D eigenvalue weighted by atomic mass is 79.9. The third-order valence-corrected chi connectivity index (χ3v) is 3.45. The maximum absolute atomic E-state index is 5.97. The lowest BCUT2D eigenvalue weighted by atomic mass is 10.2. The van der Waals surface area contributed by atoms with E-state index in [4.69, 9.17) is 11.6 Å². The summed E-state index contributed by atoms with van der Waals surface area (Å²) in [6.07, 6.45) is 10.9. The quantitative estimate of drug-likeness (QED) is 0.830. The van der Waals surface area contributed by atoms with Crippen molar-refractivity contribution in [1.29, 1.82) is 0 Å². The number of hydrogen-bond acceptors (Lipinski definition) is 3. The zero-order chi connectivity index (χ0) is 14.5. The fourth-order valence-electron chi connectivity index (χ4n) is 1.70. The minimum absolute atomic E-state index is 0.672. The molecule has 0 aliphatic rings. The molecule has 0 unspecified atom stereocenters. The van der Waals surface area contributed by atoms with E-state index in [1.165, 1.54) is 0 Å². The van der Waals surface area contributed by atoms with Gasteiger partial charge in [-0.1, -0.05) is 17.7 Å². The zero-order valence-electron chi connectivity index (χ0n) is 11.1. The van der Waals surface area contributed by atoms with Crippen molar-refractivity contribution >= 4 is 39.5 Å². The summed E-state index contributed by atoms with van der Waals surface area (Å²) in [6.45, 7) is 1.89. The molecule has 1 N–H and O–H groups in total. The van der Waals surface area contributed by atoms with Crippen molar-refractivity contribution in [2.75, 3.05) is 12.4 Å². The van der Waals surface area contributed by atoms with Gasteiger partial charge in [0, 0.05) is 41.3 Å². The monoisotopic (exact) mass is 352 g/mol. The number of imidazole rings is 1. The summed E-state index contributed by atoms with van der Waals surface area (Å²) in [5.74, 6) is 1.56. The maximum Gasteiger partial charge on any atom is 0.147 e. The average molecular weight is 354 g/mol. The van der Waals surface area contributed by atoms with Crippen molar-refractivity contribution in [3.8, 4) is 11.4 Å². The molecule has 0 radical (unpaired) electrons. The molecule has 0 amide bonds. The fraction of sp³-hybridized carbons (Fsp3) is 0.143. The Morgan fingerprint density at radius 2 is 2.25 bits per heavy atom. The second kappa shape index (κ2) is 6.72. The van der Waals surface area contributed by atoms with Crippen LogP contribution in [-0.4, -0.2) is 21.6 Å². The molecular formula is C14H14BrClN4. The number of hydrogen-bond donors (Lipinski definition) is 1. The molecule has 2 rings (SSSR count). The van der Waals surface area contributed by atoms with Crippen molar-refractivity contribution in [2.24, 2.45) is 0 Å². The molecule has 4 nitrogen and oxygen atoms in total. The first kappa shape index (κ1) is 14.8. The van der Waals surface area contributed by atoms with Crippen LogP contribution in [0.1, 0.15) is 6.92 Å². The second-order valence-electron chi connectivity index (χ2n) is 3.95. The highest BCUT2D eigenvalue weighted by Crippen LogP contribution is 2.27. The van der Waals surface area contributed by atoms with Crippen LogP contribution in [0.5, 0.6) is 0 Å². The van der Waals surface area contributed by atoms with Crippen LogP contribution in [0.4, 0.5) is 5.82 Å². The first-order chi connectivity index (χ1) is 9.65. The van der Waals surface area contributed by atoms with E-state index in [1.807, 2.05) is 49.2 Å². The molecule has 0 saturated carbocycles. The van der Waals surface area contributed by atoms with E-state index in [0.29, 0.717) is 5.03 Å². The summed E-state index contributed by atoms with van der Waals surface area (Å²) in [6, 6.07) is 1.97. The van der Waals surface area contributed by atoms with Crippen molar-refractivity contribution < 1.29 is 0 Å². The normalized spacial score (nSPS) is 12.1. The molecule has 20 heavy (non-hydrogen) atoms. The smallest absolute Gasteiger partial charge is 0.147 e. The molecule has 0 bridgehead atoms. The van der Waals surface area contributed by atoms with Gasteiger partial charge in [0.15, 0.2) is 0 Å². The van der Waals surface area contributed by atoms with Crippen molar-refractivity contribution in [3.05, 3.63) is 46.3 Å². The Hall–Kier alpha value is -1.59. The summed E-state index contributed by atoms with van der Waals surface area (Å²) < 4.78 is 2.80. The van der Waals surface area contributed by atoms with Gasteiger partial charge in [-0.05, 0) is 35.0 Å². The zero-order valence-corrected chi connectivity index (χ0v) is 13.5. The lowest BCUT2D eigenvalue weighted by Gasteiger charge is -2.08. The highest BCUT2D eigenvalue weighted by molar-refractivity contribution is 9.10. The largest absolute Gasteiger partial charge is 0.373 e. The molecule has 2 heterocycles.